The topological polar surface area (TPSA) is 69.8 Å². The van der Waals surface area contributed by atoms with E-state index in [1.807, 2.05) is 30.5 Å². The zero-order chi connectivity index (χ0) is 17.3. The number of aliphatic imine (C=N–C) groups is 1. The maximum atomic E-state index is 4.91. The molecular formula is C18H27IN6O. The van der Waals surface area contributed by atoms with Gasteiger partial charge in [0.05, 0.1) is 5.69 Å². The van der Waals surface area contributed by atoms with Gasteiger partial charge in [0.25, 0.3) is 0 Å². The van der Waals surface area contributed by atoms with Gasteiger partial charge in [-0.1, -0.05) is 11.2 Å². The van der Waals surface area contributed by atoms with Gasteiger partial charge in [0.15, 0.2) is 5.96 Å². The summed E-state index contributed by atoms with van der Waals surface area (Å²) in [6.07, 6.45) is 4.32. The molecule has 7 nitrogen and oxygen atoms in total. The van der Waals surface area contributed by atoms with Crippen LogP contribution in [-0.4, -0.2) is 65.2 Å². The van der Waals surface area contributed by atoms with Crippen LogP contribution in [0.3, 0.4) is 0 Å². The van der Waals surface area contributed by atoms with E-state index in [-0.39, 0.29) is 24.0 Å². The molecule has 0 spiro atoms. The van der Waals surface area contributed by atoms with E-state index in [1.165, 1.54) is 0 Å². The first-order chi connectivity index (χ1) is 12.3. The number of nitrogens with one attached hydrogen (secondary N) is 1. The highest BCUT2D eigenvalue weighted by Gasteiger charge is 2.20. The second-order valence-corrected chi connectivity index (χ2v) is 6.06. The van der Waals surface area contributed by atoms with Crippen molar-refractivity contribution in [1.82, 2.24) is 25.3 Å². The molecule has 142 valence electrons. The molecule has 0 radical (unpaired) electrons. The standard InChI is InChI=1S/C18H26N6O.HI/c1-2-19-18(21-9-6-16-5-3-4-8-20-16)24-12-10-23(11-13-24)15-17-7-14-25-22-17;/h3-5,7-8,14H,2,6,9-13,15H2,1H3,(H,19,21);1H. The Morgan fingerprint density at radius 1 is 1.19 bits per heavy atom. The van der Waals surface area contributed by atoms with Crippen LogP contribution in [0.25, 0.3) is 0 Å². The lowest BCUT2D eigenvalue weighted by Crippen LogP contribution is -2.52. The Bertz CT molecular complexity index is 641. The molecule has 2 aromatic rings. The number of hydrogen-bond acceptors (Lipinski definition) is 5. The third-order valence-corrected chi connectivity index (χ3v) is 4.24. The third-order valence-electron chi connectivity index (χ3n) is 4.24. The molecule has 3 heterocycles. The van der Waals surface area contributed by atoms with E-state index in [4.69, 9.17) is 9.52 Å². The summed E-state index contributed by atoms with van der Waals surface area (Å²) in [4.78, 5) is 13.9. The first-order valence-corrected chi connectivity index (χ1v) is 8.90. The number of halogens is 1. The van der Waals surface area contributed by atoms with Crippen molar-refractivity contribution in [3.8, 4) is 0 Å². The zero-order valence-electron chi connectivity index (χ0n) is 15.2. The summed E-state index contributed by atoms with van der Waals surface area (Å²) in [5, 5.41) is 7.40. The van der Waals surface area contributed by atoms with Crippen molar-refractivity contribution >= 4 is 29.9 Å². The second kappa shape index (κ2) is 11.1. The molecule has 8 heteroatoms. The van der Waals surface area contributed by atoms with Crippen molar-refractivity contribution in [1.29, 1.82) is 0 Å². The van der Waals surface area contributed by atoms with Gasteiger partial charge in [-0.2, -0.15) is 0 Å². The highest BCUT2D eigenvalue weighted by atomic mass is 127. The summed E-state index contributed by atoms with van der Waals surface area (Å²) in [6.45, 7) is 8.50. The largest absolute Gasteiger partial charge is 0.364 e. The minimum Gasteiger partial charge on any atom is -0.364 e. The van der Waals surface area contributed by atoms with Gasteiger partial charge >= 0.3 is 0 Å². The van der Waals surface area contributed by atoms with Gasteiger partial charge in [-0.3, -0.25) is 14.9 Å². The average molecular weight is 470 g/mol. The molecule has 0 saturated carbocycles. The Balaban J connectivity index is 0.00000243. The van der Waals surface area contributed by atoms with Gasteiger partial charge in [-0.15, -0.1) is 24.0 Å². The van der Waals surface area contributed by atoms with Crippen molar-refractivity contribution < 1.29 is 4.52 Å². The minimum absolute atomic E-state index is 0. The van der Waals surface area contributed by atoms with Crippen LogP contribution in [-0.2, 0) is 13.0 Å². The monoisotopic (exact) mass is 470 g/mol. The molecule has 0 amide bonds. The Kier molecular flexibility index (Phi) is 8.82. The fraction of sp³-hybridized carbons (Fsp3) is 0.500. The van der Waals surface area contributed by atoms with E-state index in [1.54, 1.807) is 6.26 Å². The highest BCUT2D eigenvalue weighted by Crippen LogP contribution is 2.07. The fourth-order valence-corrected chi connectivity index (χ4v) is 2.91. The number of nitrogens with zero attached hydrogens (tertiary/aromatic N) is 5. The molecule has 0 aliphatic carbocycles. The van der Waals surface area contributed by atoms with E-state index >= 15 is 0 Å². The lowest BCUT2D eigenvalue weighted by molar-refractivity contribution is 0.169. The Morgan fingerprint density at radius 3 is 2.69 bits per heavy atom. The van der Waals surface area contributed by atoms with E-state index in [0.29, 0.717) is 0 Å². The molecule has 26 heavy (non-hydrogen) atoms. The minimum atomic E-state index is 0. The smallest absolute Gasteiger partial charge is 0.194 e. The number of aromatic nitrogens is 2. The lowest BCUT2D eigenvalue weighted by atomic mass is 10.3. The van der Waals surface area contributed by atoms with Gasteiger partial charge in [0.1, 0.15) is 6.26 Å². The van der Waals surface area contributed by atoms with Crippen molar-refractivity contribution in [2.75, 3.05) is 39.3 Å². The molecule has 2 aromatic heterocycles. The SMILES string of the molecule is CCNC(=NCCc1ccccn1)N1CCN(Cc2ccon2)CC1.I. The average Bonchev–Trinajstić information content (AvgIpc) is 3.16. The molecule has 1 aliphatic heterocycles. The first kappa shape index (κ1) is 20.6. The van der Waals surface area contributed by atoms with Crippen LogP contribution < -0.4 is 5.32 Å². The second-order valence-electron chi connectivity index (χ2n) is 6.06. The number of guanidine groups is 1. The lowest BCUT2D eigenvalue weighted by Gasteiger charge is -2.36. The Hall–Kier alpha value is -1.68. The number of rotatable bonds is 6. The number of hydrogen-bond donors (Lipinski definition) is 1. The van der Waals surface area contributed by atoms with Crippen molar-refractivity contribution in [3.05, 3.63) is 48.1 Å². The van der Waals surface area contributed by atoms with Crippen LogP contribution in [0.2, 0.25) is 0 Å². The molecule has 1 aliphatic rings. The molecule has 0 aromatic carbocycles. The summed E-state index contributed by atoms with van der Waals surface area (Å²) in [6, 6.07) is 7.93. The summed E-state index contributed by atoms with van der Waals surface area (Å²) >= 11 is 0. The molecular weight excluding hydrogens is 443 g/mol. The molecule has 1 saturated heterocycles. The van der Waals surface area contributed by atoms with Crippen LogP contribution in [0.1, 0.15) is 18.3 Å². The van der Waals surface area contributed by atoms with Crippen LogP contribution in [0.4, 0.5) is 0 Å². The molecule has 3 rings (SSSR count). The maximum absolute atomic E-state index is 4.91. The Labute approximate surface area is 171 Å². The summed E-state index contributed by atoms with van der Waals surface area (Å²) < 4.78 is 4.91. The maximum Gasteiger partial charge on any atom is 0.194 e. The third kappa shape index (κ3) is 6.24. The summed E-state index contributed by atoms with van der Waals surface area (Å²) in [5.41, 5.74) is 2.07. The van der Waals surface area contributed by atoms with Crippen LogP contribution in [0.5, 0.6) is 0 Å². The summed E-state index contributed by atoms with van der Waals surface area (Å²) in [5.74, 6) is 1.000. The molecule has 0 unspecified atom stereocenters. The van der Waals surface area contributed by atoms with E-state index in [9.17, 15) is 0 Å². The normalized spacial score (nSPS) is 15.6. The van der Waals surface area contributed by atoms with E-state index in [2.05, 4.69) is 32.2 Å². The molecule has 0 bridgehead atoms. The van der Waals surface area contributed by atoms with Crippen molar-refractivity contribution in [3.63, 3.8) is 0 Å². The zero-order valence-corrected chi connectivity index (χ0v) is 17.5. The van der Waals surface area contributed by atoms with Gasteiger partial charge in [0, 0.05) is 70.2 Å². The van der Waals surface area contributed by atoms with Gasteiger partial charge < -0.3 is 14.7 Å². The van der Waals surface area contributed by atoms with E-state index < -0.39 is 0 Å². The predicted molar refractivity (Wildman–Crippen MR) is 113 cm³/mol. The van der Waals surface area contributed by atoms with E-state index in [0.717, 1.165) is 69.6 Å². The van der Waals surface area contributed by atoms with Gasteiger partial charge in [-0.05, 0) is 19.1 Å². The molecule has 0 atom stereocenters. The molecule has 1 N–H and O–H groups in total. The van der Waals surface area contributed by atoms with Crippen LogP contribution in [0.15, 0.2) is 46.2 Å². The highest BCUT2D eigenvalue weighted by molar-refractivity contribution is 14.0. The molecule has 1 fully saturated rings. The predicted octanol–water partition coefficient (Wildman–Crippen LogP) is 2.01. The van der Waals surface area contributed by atoms with Crippen molar-refractivity contribution in [2.45, 2.75) is 19.9 Å². The van der Waals surface area contributed by atoms with Crippen molar-refractivity contribution in [2.24, 2.45) is 4.99 Å². The Morgan fingerprint density at radius 2 is 2.04 bits per heavy atom. The van der Waals surface area contributed by atoms with Crippen LogP contribution >= 0.6 is 24.0 Å². The first-order valence-electron chi connectivity index (χ1n) is 8.90. The number of pyridine rings is 1. The summed E-state index contributed by atoms with van der Waals surface area (Å²) in [7, 11) is 0. The quantitative estimate of drug-likeness (QED) is 0.396. The van der Waals surface area contributed by atoms with Crippen LogP contribution in [0, 0.1) is 0 Å². The van der Waals surface area contributed by atoms with Gasteiger partial charge in [0.2, 0.25) is 0 Å². The fourth-order valence-electron chi connectivity index (χ4n) is 2.91. The van der Waals surface area contributed by atoms with Gasteiger partial charge in [-0.25, -0.2) is 0 Å². The number of piperazine rings is 1.